The molecule has 1 nitrogen and oxygen atoms in total. The molecule has 1 heteroatoms. The van der Waals surface area contributed by atoms with Gasteiger partial charge in [0.05, 0.1) is 5.60 Å². The van der Waals surface area contributed by atoms with Crippen LogP contribution in [-0.4, -0.2) is 10.7 Å². The summed E-state index contributed by atoms with van der Waals surface area (Å²) in [5.41, 5.74) is -0.299. The molecule has 0 aliphatic heterocycles. The Hall–Kier alpha value is -0.0400. The minimum absolute atomic E-state index is 0.299. The fraction of sp³-hybridized carbons (Fsp3) is 1.00. The van der Waals surface area contributed by atoms with E-state index in [1.807, 2.05) is 0 Å². The third-order valence-corrected chi connectivity index (χ3v) is 5.20. The number of hydrogen-bond acceptors (Lipinski definition) is 1. The fourth-order valence-corrected chi connectivity index (χ4v) is 3.49. The zero-order chi connectivity index (χ0) is 14.7. The van der Waals surface area contributed by atoms with Gasteiger partial charge in [-0.1, -0.05) is 78.1 Å². The largest absolute Gasteiger partial charge is 0.390 e. The van der Waals surface area contributed by atoms with Crippen LogP contribution in [0.25, 0.3) is 0 Å². The molecule has 0 aromatic heterocycles. The van der Waals surface area contributed by atoms with Crippen molar-refractivity contribution in [2.75, 3.05) is 0 Å². The summed E-state index contributed by atoms with van der Waals surface area (Å²) >= 11 is 0. The van der Waals surface area contributed by atoms with Gasteiger partial charge in [0.1, 0.15) is 0 Å². The number of unbranched alkanes of at least 4 members (excludes halogenated alkanes) is 9. The Bertz CT molecular complexity index is 216. The summed E-state index contributed by atoms with van der Waals surface area (Å²) in [5.74, 6) is 0.836. The van der Waals surface area contributed by atoms with Gasteiger partial charge in [0, 0.05) is 0 Å². The molecule has 120 valence electrons. The molecular weight excluding hydrogens is 244 g/mol. The molecule has 1 N–H and O–H groups in total. The molecule has 0 spiro atoms. The van der Waals surface area contributed by atoms with Gasteiger partial charge < -0.3 is 5.11 Å². The maximum absolute atomic E-state index is 10.5. The summed E-state index contributed by atoms with van der Waals surface area (Å²) in [6.45, 7) is 4.60. The normalized spacial score (nSPS) is 26.9. The quantitative estimate of drug-likeness (QED) is 0.445. The fourth-order valence-electron chi connectivity index (χ4n) is 3.49. The predicted octanol–water partition coefficient (Wildman–Crippen LogP) is 6.24. The average molecular weight is 283 g/mol. The van der Waals surface area contributed by atoms with E-state index in [1.165, 1.54) is 77.0 Å². The first-order chi connectivity index (χ1) is 9.66. The Labute approximate surface area is 127 Å². The number of rotatable bonds is 11. The highest BCUT2D eigenvalue weighted by Crippen LogP contribution is 2.35. The molecule has 0 unspecified atom stereocenters. The van der Waals surface area contributed by atoms with Crippen molar-refractivity contribution in [1.29, 1.82) is 0 Å². The van der Waals surface area contributed by atoms with E-state index < -0.39 is 0 Å². The second-order valence-electron chi connectivity index (χ2n) is 7.34. The molecule has 0 saturated heterocycles. The monoisotopic (exact) mass is 282 g/mol. The maximum Gasteiger partial charge on any atom is 0.0648 e. The summed E-state index contributed by atoms with van der Waals surface area (Å²) in [5, 5.41) is 10.5. The van der Waals surface area contributed by atoms with Gasteiger partial charge in [-0.05, 0) is 38.0 Å². The molecule has 0 atom stereocenters. The molecule has 0 aromatic rings. The summed E-state index contributed by atoms with van der Waals surface area (Å²) in [6, 6.07) is 0. The first kappa shape index (κ1) is 18.0. The van der Waals surface area contributed by atoms with Gasteiger partial charge in [0.15, 0.2) is 0 Å². The molecule has 0 aromatic carbocycles. The SMILES string of the molecule is CCCCCCCCCCCCC1(O)CCC(C)CC1. The van der Waals surface area contributed by atoms with Gasteiger partial charge in [0.2, 0.25) is 0 Å². The van der Waals surface area contributed by atoms with Crippen molar-refractivity contribution in [3.63, 3.8) is 0 Å². The lowest BCUT2D eigenvalue weighted by atomic mass is 9.77. The highest BCUT2D eigenvalue weighted by Gasteiger charge is 2.30. The molecule has 1 aliphatic carbocycles. The molecule has 1 saturated carbocycles. The summed E-state index contributed by atoms with van der Waals surface area (Å²) in [6.07, 6.45) is 19.4. The molecular formula is C19H38O. The Balaban J connectivity index is 1.87. The molecule has 1 rings (SSSR count). The van der Waals surface area contributed by atoms with Gasteiger partial charge in [0.25, 0.3) is 0 Å². The van der Waals surface area contributed by atoms with Crippen molar-refractivity contribution in [3.8, 4) is 0 Å². The molecule has 0 amide bonds. The van der Waals surface area contributed by atoms with Crippen LogP contribution in [0.5, 0.6) is 0 Å². The van der Waals surface area contributed by atoms with Crippen LogP contribution in [0.1, 0.15) is 110 Å². The first-order valence-electron chi connectivity index (χ1n) is 9.39. The lowest BCUT2D eigenvalue weighted by Gasteiger charge is -2.35. The maximum atomic E-state index is 10.5. The van der Waals surface area contributed by atoms with Crippen molar-refractivity contribution in [3.05, 3.63) is 0 Å². The lowest BCUT2D eigenvalue weighted by molar-refractivity contribution is -0.0164. The van der Waals surface area contributed by atoms with Crippen molar-refractivity contribution in [2.24, 2.45) is 5.92 Å². The van der Waals surface area contributed by atoms with Crippen LogP contribution in [0.4, 0.5) is 0 Å². The van der Waals surface area contributed by atoms with Crippen molar-refractivity contribution >= 4 is 0 Å². The second-order valence-corrected chi connectivity index (χ2v) is 7.34. The molecule has 0 bridgehead atoms. The van der Waals surface area contributed by atoms with Crippen molar-refractivity contribution in [1.82, 2.24) is 0 Å². The van der Waals surface area contributed by atoms with Crippen LogP contribution in [-0.2, 0) is 0 Å². The highest BCUT2D eigenvalue weighted by atomic mass is 16.3. The van der Waals surface area contributed by atoms with Gasteiger partial charge in [-0.2, -0.15) is 0 Å². The highest BCUT2D eigenvalue weighted by molar-refractivity contribution is 4.84. The summed E-state index contributed by atoms with van der Waals surface area (Å²) < 4.78 is 0. The second kappa shape index (κ2) is 10.7. The van der Waals surface area contributed by atoms with Gasteiger partial charge in [-0.15, -0.1) is 0 Å². The van der Waals surface area contributed by atoms with Crippen LogP contribution in [0.2, 0.25) is 0 Å². The first-order valence-corrected chi connectivity index (χ1v) is 9.39. The minimum atomic E-state index is -0.299. The standard InChI is InChI=1S/C19H38O/c1-3-4-5-6-7-8-9-10-11-12-15-19(20)16-13-18(2)14-17-19/h18,20H,3-17H2,1-2H3. The predicted molar refractivity (Wildman–Crippen MR) is 89.0 cm³/mol. The van der Waals surface area contributed by atoms with Gasteiger partial charge in [-0.25, -0.2) is 0 Å². The van der Waals surface area contributed by atoms with E-state index in [4.69, 9.17) is 0 Å². The van der Waals surface area contributed by atoms with E-state index in [1.54, 1.807) is 0 Å². The smallest absolute Gasteiger partial charge is 0.0648 e. The number of hydrogen-bond donors (Lipinski definition) is 1. The third kappa shape index (κ3) is 8.29. The van der Waals surface area contributed by atoms with Crippen LogP contribution in [0.15, 0.2) is 0 Å². The Morgan fingerprint density at radius 2 is 1.25 bits per heavy atom. The van der Waals surface area contributed by atoms with E-state index in [0.29, 0.717) is 0 Å². The van der Waals surface area contributed by atoms with Gasteiger partial charge >= 0.3 is 0 Å². The molecule has 0 radical (unpaired) electrons. The minimum Gasteiger partial charge on any atom is -0.390 e. The summed E-state index contributed by atoms with van der Waals surface area (Å²) in [4.78, 5) is 0. The van der Waals surface area contributed by atoms with E-state index in [2.05, 4.69) is 13.8 Å². The Morgan fingerprint density at radius 1 is 0.800 bits per heavy atom. The van der Waals surface area contributed by atoms with E-state index in [-0.39, 0.29) is 5.60 Å². The summed E-state index contributed by atoms with van der Waals surface area (Å²) in [7, 11) is 0. The Kier molecular flexibility index (Phi) is 9.59. The van der Waals surface area contributed by atoms with Crippen molar-refractivity contribution in [2.45, 2.75) is 116 Å². The number of aliphatic hydroxyl groups is 1. The zero-order valence-corrected chi connectivity index (χ0v) is 14.1. The van der Waals surface area contributed by atoms with Crippen LogP contribution < -0.4 is 0 Å². The van der Waals surface area contributed by atoms with Crippen LogP contribution in [0.3, 0.4) is 0 Å². The van der Waals surface area contributed by atoms with Crippen LogP contribution in [0, 0.1) is 5.92 Å². The van der Waals surface area contributed by atoms with E-state index >= 15 is 0 Å². The average Bonchev–Trinajstić information content (AvgIpc) is 2.45. The Morgan fingerprint density at radius 3 is 1.75 bits per heavy atom. The van der Waals surface area contributed by atoms with E-state index in [0.717, 1.165) is 25.2 Å². The topological polar surface area (TPSA) is 20.2 Å². The zero-order valence-electron chi connectivity index (χ0n) is 14.1. The molecule has 0 heterocycles. The van der Waals surface area contributed by atoms with Gasteiger partial charge in [-0.3, -0.25) is 0 Å². The lowest BCUT2D eigenvalue weighted by Crippen LogP contribution is -2.33. The van der Waals surface area contributed by atoms with E-state index in [9.17, 15) is 5.11 Å². The molecule has 20 heavy (non-hydrogen) atoms. The third-order valence-electron chi connectivity index (χ3n) is 5.20. The molecule has 1 fully saturated rings. The van der Waals surface area contributed by atoms with Crippen molar-refractivity contribution < 1.29 is 5.11 Å². The van der Waals surface area contributed by atoms with Crippen LogP contribution >= 0.6 is 0 Å². The molecule has 1 aliphatic rings.